The van der Waals surface area contributed by atoms with Crippen LogP contribution in [0, 0.1) is 5.41 Å². The SMILES string of the molecule is O=C(O)C1(CNc2ccc3oc(=O)[nH]c3c2)COC1. The summed E-state index contributed by atoms with van der Waals surface area (Å²) < 4.78 is 9.86. The van der Waals surface area contributed by atoms with Crippen LogP contribution in [-0.2, 0) is 9.53 Å². The van der Waals surface area contributed by atoms with Crippen LogP contribution in [-0.4, -0.2) is 35.8 Å². The minimum atomic E-state index is -0.871. The lowest BCUT2D eigenvalue weighted by Crippen LogP contribution is -2.53. The number of fused-ring (bicyclic) bond motifs is 1. The van der Waals surface area contributed by atoms with Crippen molar-refractivity contribution in [1.29, 1.82) is 0 Å². The fourth-order valence-electron chi connectivity index (χ4n) is 1.98. The second-order valence-electron chi connectivity index (χ2n) is 4.66. The number of hydrogen-bond donors (Lipinski definition) is 3. The van der Waals surface area contributed by atoms with Gasteiger partial charge in [0.25, 0.3) is 0 Å². The van der Waals surface area contributed by atoms with Gasteiger partial charge in [0, 0.05) is 12.2 Å². The largest absolute Gasteiger partial charge is 0.481 e. The Labute approximate surface area is 107 Å². The van der Waals surface area contributed by atoms with Crippen molar-refractivity contribution in [2.24, 2.45) is 5.41 Å². The lowest BCUT2D eigenvalue weighted by Gasteiger charge is -2.37. The topological polar surface area (TPSA) is 105 Å². The van der Waals surface area contributed by atoms with Crippen LogP contribution in [0.4, 0.5) is 5.69 Å². The lowest BCUT2D eigenvalue weighted by molar-refractivity contribution is -0.176. The van der Waals surface area contributed by atoms with Crippen LogP contribution >= 0.6 is 0 Å². The quantitative estimate of drug-likeness (QED) is 0.748. The molecule has 0 saturated carbocycles. The first-order valence-corrected chi connectivity index (χ1v) is 5.77. The maximum absolute atomic E-state index is 11.2. The average Bonchev–Trinajstić information content (AvgIpc) is 2.66. The Balaban J connectivity index is 1.78. The van der Waals surface area contributed by atoms with Gasteiger partial charge in [0.15, 0.2) is 5.58 Å². The highest BCUT2D eigenvalue weighted by Crippen LogP contribution is 2.28. The van der Waals surface area contributed by atoms with Gasteiger partial charge in [0.2, 0.25) is 0 Å². The van der Waals surface area contributed by atoms with E-state index in [0.717, 1.165) is 5.69 Å². The third-order valence-corrected chi connectivity index (χ3v) is 3.26. The van der Waals surface area contributed by atoms with Crippen molar-refractivity contribution in [3.05, 3.63) is 28.7 Å². The number of aromatic amines is 1. The normalized spacial score (nSPS) is 17.1. The van der Waals surface area contributed by atoms with E-state index in [1.54, 1.807) is 18.2 Å². The molecule has 7 nitrogen and oxygen atoms in total. The van der Waals surface area contributed by atoms with E-state index in [0.29, 0.717) is 11.1 Å². The van der Waals surface area contributed by atoms with Crippen LogP contribution in [0.1, 0.15) is 0 Å². The Morgan fingerprint density at radius 3 is 2.89 bits per heavy atom. The Bertz CT molecular complexity index is 683. The summed E-state index contributed by atoms with van der Waals surface area (Å²) in [6.45, 7) is 0.691. The van der Waals surface area contributed by atoms with Crippen molar-refractivity contribution >= 4 is 22.8 Å². The molecular formula is C12H12N2O5. The van der Waals surface area contributed by atoms with Gasteiger partial charge in [-0.1, -0.05) is 0 Å². The Hall–Kier alpha value is -2.28. The van der Waals surface area contributed by atoms with E-state index < -0.39 is 17.1 Å². The summed E-state index contributed by atoms with van der Waals surface area (Å²) in [5, 5.41) is 12.2. The molecule has 19 heavy (non-hydrogen) atoms. The number of carboxylic acids is 1. The summed E-state index contributed by atoms with van der Waals surface area (Å²) in [5.74, 6) is -1.38. The zero-order chi connectivity index (χ0) is 13.5. The smallest absolute Gasteiger partial charge is 0.417 e. The first-order chi connectivity index (χ1) is 9.09. The molecule has 0 aliphatic carbocycles. The summed E-state index contributed by atoms with van der Waals surface area (Å²) in [6, 6.07) is 5.09. The first kappa shape index (κ1) is 11.8. The molecule has 0 bridgehead atoms. The number of ether oxygens (including phenoxy) is 1. The number of oxazole rings is 1. The van der Waals surface area contributed by atoms with Gasteiger partial charge < -0.3 is 19.6 Å². The number of benzene rings is 1. The third kappa shape index (κ3) is 1.97. The van der Waals surface area contributed by atoms with Gasteiger partial charge in [0.1, 0.15) is 5.41 Å². The number of carbonyl (C=O) groups is 1. The molecule has 1 aliphatic rings. The summed E-state index contributed by atoms with van der Waals surface area (Å²) in [6.07, 6.45) is 0. The highest BCUT2D eigenvalue weighted by molar-refractivity contribution is 5.78. The molecule has 0 spiro atoms. The summed E-state index contributed by atoms with van der Waals surface area (Å²) in [4.78, 5) is 24.7. The molecule has 0 radical (unpaired) electrons. The molecule has 100 valence electrons. The van der Waals surface area contributed by atoms with Crippen LogP contribution < -0.4 is 11.1 Å². The van der Waals surface area contributed by atoms with Gasteiger partial charge in [-0.25, -0.2) is 4.79 Å². The van der Waals surface area contributed by atoms with E-state index in [4.69, 9.17) is 14.3 Å². The second kappa shape index (κ2) is 4.13. The highest BCUT2D eigenvalue weighted by Gasteiger charge is 2.46. The van der Waals surface area contributed by atoms with Crippen molar-refractivity contribution in [3.63, 3.8) is 0 Å². The molecule has 1 saturated heterocycles. The number of hydrogen-bond acceptors (Lipinski definition) is 5. The van der Waals surface area contributed by atoms with Gasteiger partial charge in [-0.05, 0) is 18.2 Å². The molecule has 1 aromatic heterocycles. The second-order valence-corrected chi connectivity index (χ2v) is 4.66. The van der Waals surface area contributed by atoms with E-state index >= 15 is 0 Å². The molecule has 2 aromatic rings. The van der Waals surface area contributed by atoms with E-state index in [1.807, 2.05) is 0 Å². The standard InChI is InChI=1S/C12H12N2O5/c15-10(16)12(5-18-6-12)4-13-7-1-2-9-8(3-7)14-11(17)19-9/h1-3,13H,4-6H2,(H,14,17)(H,15,16). The molecule has 1 fully saturated rings. The van der Waals surface area contributed by atoms with E-state index in [1.165, 1.54) is 0 Å². The zero-order valence-corrected chi connectivity index (χ0v) is 9.93. The molecular weight excluding hydrogens is 252 g/mol. The van der Waals surface area contributed by atoms with E-state index in [9.17, 15) is 9.59 Å². The van der Waals surface area contributed by atoms with Gasteiger partial charge in [0.05, 0.1) is 18.7 Å². The van der Waals surface area contributed by atoms with Gasteiger partial charge >= 0.3 is 11.7 Å². The molecule has 3 rings (SSSR count). The summed E-state index contributed by atoms with van der Waals surface area (Å²) >= 11 is 0. The minimum absolute atomic E-state index is 0.208. The molecule has 1 aromatic carbocycles. The van der Waals surface area contributed by atoms with Crippen LogP contribution in [0.15, 0.2) is 27.4 Å². The van der Waals surface area contributed by atoms with Gasteiger partial charge in [-0.15, -0.1) is 0 Å². The number of aromatic nitrogens is 1. The first-order valence-electron chi connectivity index (χ1n) is 5.77. The van der Waals surface area contributed by atoms with Crippen LogP contribution in [0.2, 0.25) is 0 Å². The molecule has 0 amide bonds. The molecule has 3 N–H and O–H groups in total. The summed E-state index contributed by atoms with van der Waals surface area (Å²) in [7, 11) is 0. The lowest BCUT2D eigenvalue weighted by atomic mass is 9.86. The molecule has 1 aliphatic heterocycles. The number of carboxylic acid groups (broad SMARTS) is 1. The maximum atomic E-state index is 11.2. The predicted octanol–water partition coefficient (Wildman–Crippen LogP) is 0.634. The Morgan fingerprint density at radius 2 is 2.26 bits per heavy atom. The molecule has 7 heteroatoms. The van der Waals surface area contributed by atoms with Crippen molar-refractivity contribution < 1.29 is 19.1 Å². The van der Waals surface area contributed by atoms with Crippen molar-refractivity contribution in [3.8, 4) is 0 Å². The zero-order valence-electron chi connectivity index (χ0n) is 9.93. The van der Waals surface area contributed by atoms with Crippen molar-refractivity contribution in [2.45, 2.75) is 0 Å². The van der Waals surface area contributed by atoms with Gasteiger partial charge in [-0.3, -0.25) is 9.78 Å². The van der Waals surface area contributed by atoms with Crippen molar-refractivity contribution in [2.75, 3.05) is 25.1 Å². The monoisotopic (exact) mass is 264 g/mol. The molecule has 0 atom stereocenters. The number of rotatable bonds is 4. The van der Waals surface area contributed by atoms with Crippen molar-refractivity contribution in [1.82, 2.24) is 4.98 Å². The van der Waals surface area contributed by atoms with Crippen LogP contribution in [0.5, 0.6) is 0 Å². The minimum Gasteiger partial charge on any atom is -0.481 e. The Kier molecular flexibility index (Phi) is 2.56. The van der Waals surface area contributed by atoms with E-state index in [-0.39, 0.29) is 19.8 Å². The van der Waals surface area contributed by atoms with Gasteiger partial charge in [-0.2, -0.15) is 0 Å². The predicted molar refractivity (Wildman–Crippen MR) is 66.2 cm³/mol. The molecule has 2 heterocycles. The third-order valence-electron chi connectivity index (χ3n) is 3.26. The number of nitrogens with one attached hydrogen (secondary N) is 2. The fourth-order valence-corrected chi connectivity index (χ4v) is 1.98. The average molecular weight is 264 g/mol. The number of aliphatic carboxylic acids is 1. The Morgan fingerprint density at radius 1 is 1.47 bits per heavy atom. The fraction of sp³-hybridized carbons (Fsp3) is 0.333. The maximum Gasteiger partial charge on any atom is 0.417 e. The molecule has 0 unspecified atom stereocenters. The van der Waals surface area contributed by atoms with E-state index in [2.05, 4.69) is 10.3 Å². The summed E-state index contributed by atoms with van der Waals surface area (Å²) in [5.41, 5.74) is 0.899. The highest BCUT2D eigenvalue weighted by atomic mass is 16.5. The van der Waals surface area contributed by atoms with Crippen LogP contribution in [0.25, 0.3) is 11.1 Å². The number of H-pyrrole nitrogens is 1. The number of anilines is 1. The van der Waals surface area contributed by atoms with Crippen LogP contribution in [0.3, 0.4) is 0 Å².